The normalized spacial score (nSPS) is 12.0. The number of nitrogens with one attached hydrogen (secondary N) is 1. The van der Waals surface area contributed by atoms with Gasteiger partial charge in [-0.2, -0.15) is 0 Å². The van der Waals surface area contributed by atoms with Crippen LogP contribution in [0.5, 0.6) is 0 Å². The number of primary amides is 1. The van der Waals surface area contributed by atoms with Gasteiger partial charge in [-0.15, -0.1) is 0 Å². The van der Waals surface area contributed by atoms with E-state index < -0.39 is 17.9 Å². The largest absolute Gasteiger partial charge is 0.382 e. The van der Waals surface area contributed by atoms with Crippen molar-refractivity contribution >= 4 is 39.3 Å². The summed E-state index contributed by atoms with van der Waals surface area (Å²) >= 11 is 9.30. The molecular weight excluding hydrogens is 376 g/mol. The molecule has 0 spiro atoms. The molecule has 0 unspecified atom stereocenters. The average Bonchev–Trinajstić information content (AvgIpc) is 2.46. The first-order chi connectivity index (χ1) is 10.4. The zero-order chi connectivity index (χ0) is 16.5. The van der Waals surface area contributed by atoms with Gasteiger partial charge in [0.2, 0.25) is 11.8 Å². The zero-order valence-electron chi connectivity index (χ0n) is 12.1. The second-order valence-corrected chi connectivity index (χ2v) is 5.80. The second kappa shape index (κ2) is 9.78. The summed E-state index contributed by atoms with van der Waals surface area (Å²) in [5, 5.41) is 3.08. The summed E-state index contributed by atoms with van der Waals surface area (Å²) in [7, 11) is 1.54. The minimum absolute atomic E-state index is 0.163. The molecule has 0 aliphatic heterocycles. The van der Waals surface area contributed by atoms with Crippen LogP contribution in [0.3, 0.4) is 0 Å². The summed E-state index contributed by atoms with van der Waals surface area (Å²) in [6.07, 6.45) is 0.236. The molecule has 1 rings (SSSR count). The fourth-order valence-electron chi connectivity index (χ4n) is 1.69. The maximum atomic E-state index is 11.7. The number of amides is 2. The molecule has 0 aliphatic rings. The van der Waals surface area contributed by atoms with Crippen molar-refractivity contribution in [1.82, 2.24) is 5.32 Å². The van der Waals surface area contributed by atoms with Crippen molar-refractivity contribution in [3.63, 3.8) is 0 Å². The summed E-state index contributed by atoms with van der Waals surface area (Å²) in [4.78, 5) is 23.3. The van der Waals surface area contributed by atoms with E-state index in [1.54, 1.807) is 18.2 Å². The molecule has 1 aromatic rings. The topological polar surface area (TPSA) is 90.7 Å². The minimum Gasteiger partial charge on any atom is -0.382 e. The van der Waals surface area contributed by atoms with Gasteiger partial charge in [0.05, 0.1) is 13.2 Å². The Balaban J connectivity index is 2.60. The molecule has 0 saturated heterocycles. The van der Waals surface area contributed by atoms with Crippen LogP contribution in [0.2, 0.25) is 5.02 Å². The van der Waals surface area contributed by atoms with Crippen LogP contribution >= 0.6 is 27.5 Å². The molecule has 0 aliphatic carbocycles. The van der Waals surface area contributed by atoms with Crippen molar-refractivity contribution in [3.8, 4) is 0 Å². The predicted molar refractivity (Wildman–Crippen MR) is 86.7 cm³/mol. The number of benzene rings is 1. The third-order valence-electron chi connectivity index (χ3n) is 2.78. The van der Waals surface area contributed by atoms with Gasteiger partial charge in [0.15, 0.2) is 0 Å². The van der Waals surface area contributed by atoms with Crippen LogP contribution in [0.1, 0.15) is 5.56 Å². The van der Waals surface area contributed by atoms with Gasteiger partial charge in [-0.05, 0) is 23.8 Å². The maximum absolute atomic E-state index is 11.7. The zero-order valence-corrected chi connectivity index (χ0v) is 14.4. The Hall–Kier alpha value is -1.15. The van der Waals surface area contributed by atoms with E-state index >= 15 is 0 Å². The van der Waals surface area contributed by atoms with Gasteiger partial charge >= 0.3 is 0 Å². The lowest BCUT2D eigenvalue weighted by atomic mass is 10.1. The Morgan fingerprint density at radius 2 is 2.14 bits per heavy atom. The first kappa shape index (κ1) is 18.9. The third kappa shape index (κ3) is 6.74. The summed E-state index contributed by atoms with van der Waals surface area (Å²) < 4.78 is 10.7. The van der Waals surface area contributed by atoms with E-state index in [9.17, 15) is 9.59 Å². The van der Waals surface area contributed by atoms with Crippen LogP contribution in [0.15, 0.2) is 22.7 Å². The van der Waals surface area contributed by atoms with E-state index in [1.807, 2.05) is 0 Å². The number of rotatable bonds is 9. The van der Waals surface area contributed by atoms with E-state index in [0.29, 0.717) is 18.2 Å². The van der Waals surface area contributed by atoms with Gasteiger partial charge < -0.3 is 20.5 Å². The Labute approximate surface area is 142 Å². The van der Waals surface area contributed by atoms with Crippen LogP contribution in [0, 0.1) is 0 Å². The SMILES string of the molecule is COCCOCC(=O)N[C@H](Cc1cc(Cl)ccc1Br)C(N)=O. The molecule has 0 saturated carbocycles. The number of ether oxygens (including phenoxy) is 2. The van der Waals surface area contributed by atoms with E-state index in [-0.39, 0.29) is 13.0 Å². The van der Waals surface area contributed by atoms with Crippen LogP contribution in [0.4, 0.5) is 0 Å². The molecule has 0 heterocycles. The van der Waals surface area contributed by atoms with Crippen molar-refractivity contribution in [2.75, 3.05) is 26.9 Å². The smallest absolute Gasteiger partial charge is 0.246 e. The molecule has 1 aromatic carbocycles. The van der Waals surface area contributed by atoms with E-state index in [1.165, 1.54) is 7.11 Å². The molecule has 122 valence electrons. The molecular formula is C14H18BrClN2O4. The number of carbonyl (C=O) groups is 2. The third-order valence-corrected chi connectivity index (χ3v) is 3.78. The predicted octanol–water partition coefficient (Wildman–Crippen LogP) is 1.28. The van der Waals surface area contributed by atoms with Crippen molar-refractivity contribution in [2.24, 2.45) is 5.73 Å². The summed E-state index contributed by atoms with van der Waals surface area (Å²) in [6.45, 7) is 0.525. The lowest BCUT2D eigenvalue weighted by molar-refractivity contribution is -0.130. The van der Waals surface area contributed by atoms with Crippen molar-refractivity contribution < 1.29 is 19.1 Å². The average molecular weight is 394 g/mol. The Morgan fingerprint density at radius 1 is 1.41 bits per heavy atom. The van der Waals surface area contributed by atoms with Crippen molar-refractivity contribution in [2.45, 2.75) is 12.5 Å². The highest BCUT2D eigenvalue weighted by atomic mass is 79.9. The second-order valence-electron chi connectivity index (χ2n) is 4.51. The molecule has 0 aromatic heterocycles. The van der Waals surface area contributed by atoms with Gasteiger partial charge in [0.25, 0.3) is 0 Å². The minimum atomic E-state index is -0.840. The van der Waals surface area contributed by atoms with Gasteiger partial charge in [-0.3, -0.25) is 9.59 Å². The molecule has 8 heteroatoms. The first-order valence-electron chi connectivity index (χ1n) is 6.53. The highest BCUT2D eigenvalue weighted by Gasteiger charge is 2.20. The van der Waals surface area contributed by atoms with Crippen molar-refractivity contribution in [1.29, 1.82) is 0 Å². The molecule has 0 bridgehead atoms. The number of hydrogen-bond donors (Lipinski definition) is 2. The van der Waals surface area contributed by atoms with E-state index in [0.717, 1.165) is 10.0 Å². The molecule has 1 atom stereocenters. The summed E-state index contributed by atoms with van der Waals surface area (Å²) in [5.41, 5.74) is 6.11. The highest BCUT2D eigenvalue weighted by Crippen LogP contribution is 2.22. The number of methoxy groups -OCH3 is 1. The van der Waals surface area contributed by atoms with Gasteiger partial charge in [-0.1, -0.05) is 27.5 Å². The van der Waals surface area contributed by atoms with E-state index in [2.05, 4.69) is 21.2 Å². The quantitative estimate of drug-likeness (QED) is 0.618. The standard InChI is InChI=1S/C14H18BrClN2O4/c1-21-4-5-22-8-13(19)18-12(14(17)20)7-9-6-10(16)2-3-11(9)15/h2-3,6,12H,4-5,7-8H2,1H3,(H2,17,20)(H,18,19)/t12-/m1/s1. The van der Waals surface area contributed by atoms with Gasteiger partial charge in [0, 0.05) is 23.0 Å². The summed E-state index contributed by atoms with van der Waals surface area (Å²) in [6, 6.07) is 4.36. The van der Waals surface area contributed by atoms with Gasteiger partial charge in [-0.25, -0.2) is 0 Å². The van der Waals surface area contributed by atoms with E-state index in [4.69, 9.17) is 26.8 Å². The lowest BCUT2D eigenvalue weighted by Gasteiger charge is -2.16. The molecule has 0 fully saturated rings. The summed E-state index contributed by atoms with van der Waals surface area (Å²) in [5.74, 6) is -1.05. The lowest BCUT2D eigenvalue weighted by Crippen LogP contribution is -2.47. The van der Waals surface area contributed by atoms with Crippen LogP contribution in [0.25, 0.3) is 0 Å². The number of hydrogen-bond acceptors (Lipinski definition) is 4. The number of halogens is 2. The van der Waals surface area contributed by atoms with Crippen LogP contribution in [-0.4, -0.2) is 44.8 Å². The Kier molecular flexibility index (Phi) is 8.40. The highest BCUT2D eigenvalue weighted by molar-refractivity contribution is 9.10. The monoisotopic (exact) mass is 392 g/mol. The molecule has 22 heavy (non-hydrogen) atoms. The molecule has 3 N–H and O–H groups in total. The Bertz CT molecular complexity index is 528. The molecule has 0 radical (unpaired) electrons. The fraction of sp³-hybridized carbons (Fsp3) is 0.429. The fourth-order valence-corrected chi connectivity index (χ4v) is 2.29. The number of nitrogens with two attached hydrogens (primary N) is 1. The van der Waals surface area contributed by atoms with Crippen LogP contribution < -0.4 is 11.1 Å². The van der Waals surface area contributed by atoms with Crippen molar-refractivity contribution in [3.05, 3.63) is 33.3 Å². The Morgan fingerprint density at radius 3 is 2.77 bits per heavy atom. The number of carbonyl (C=O) groups excluding carboxylic acids is 2. The maximum Gasteiger partial charge on any atom is 0.246 e. The molecule has 2 amide bonds. The van der Waals surface area contributed by atoms with Gasteiger partial charge in [0.1, 0.15) is 12.6 Å². The van der Waals surface area contributed by atoms with Crippen LogP contribution in [-0.2, 0) is 25.5 Å². The molecule has 6 nitrogen and oxygen atoms in total. The first-order valence-corrected chi connectivity index (χ1v) is 7.70.